The highest BCUT2D eigenvalue weighted by molar-refractivity contribution is 9.10. The van der Waals surface area contributed by atoms with Crippen LogP contribution < -0.4 is 5.43 Å². The van der Waals surface area contributed by atoms with Crippen molar-refractivity contribution in [1.29, 1.82) is 0 Å². The minimum Gasteiger partial charge on any atom is -0.301 e. The molecule has 6 nitrogen and oxygen atoms in total. The van der Waals surface area contributed by atoms with E-state index in [2.05, 4.69) is 26.3 Å². The van der Waals surface area contributed by atoms with Crippen LogP contribution in [0.5, 0.6) is 0 Å². The van der Waals surface area contributed by atoms with Crippen LogP contribution in [0.2, 0.25) is 5.02 Å². The number of aryl methyl sites for hydroxylation is 1. The lowest BCUT2D eigenvalue weighted by atomic mass is 10.0. The van der Waals surface area contributed by atoms with E-state index >= 15 is 0 Å². The molecular weight excluding hydrogens is 502 g/mol. The third-order valence-corrected chi connectivity index (χ3v) is 7.50. The second-order valence-electron chi connectivity index (χ2n) is 6.99. The Morgan fingerprint density at radius 3 is 2.58 bits per heavy atom. The van der Waals surface area contributed by atoms with Crippen LogP contribution in [0.4, 0.5) is 11.4 Å². The van der Waals surface area contributed by atoms with E-state index in [-0.39, 0.29) is 15.5 Å². The van der Waals surface area contributed by atoms with Crippen molar-refractivity contribution in [3.05, 3.63) is 81.3 Å². The number of hydrogen-bond acceptors (Lipinski definition) is 6. The average molecular weight is 519 g/mol. The molecule has 158 valence electrons. The second-order valence-corrected chi connectivity index (χ2v) is 10.2. The van der Waals surface area contributed by atoms with E-state index in [0.717, 1.165) is 16.3 Å². The number of nitrogens with zero attached hydrogens (tertiary/aromatic N) is 2. The third-order valence-electron chi connectivity index (χ3n) is 4.83. The molecule has 1 heterocycles. The van der Waals surface area contributed by atoms with E-state index in [4.69, 9.17) is 11.6 Å². The van der Waals surface area contributed by atoms with Gasteiger partial charge >= 0.3 is 0 Å². The van der Waals surface area contributed by atoms with E-state index in [0.29, 0.717) is 16.3 Å². The summed E-state index contributed by atoms with van der Waals surface area (Å²) in [4.78, 5) is 16.6. The molecule has 0 aliphatic carbocycles. The first-order valence-electron chi connectivity index (χ1n) is 9.25. The van der Waals surface area contributed by atoms with Crippen LogP contribution in [-0.4, -0.2) is 26.1 Å². The van der Waals surface area contributed by atoms with Gasteiger partial charge in [-0.2, -0.15) is 0 Å². The summed E-state index contributed by atoms with van der Waals surface area (Å²) in [6.07, 6.45) is 2.24. The lowest BCUT2D eigenvalue weighted by Crippen LogP contribution is -2.36. The van der Waals surface area contributed by atoms with Gasteiger partial charge in [0.2, 0.25) is 9.84 Å². The number of carbonyl (C=O) groups excluding carboxylic acids is 1. The van der Waals surface area contributed by atoms with E-state index in [1.54, 1.807) is 18.2 Å². The van der Waals surface area contributed by atoms with Gasteiger partial charge < -0.3 is 4.79 Å². The molecule has 0 aromatic heterocycles. The van der Waals surface area contributed by atoms with E-state index < -0.39 is 15.9 Å². The van der Waals surface area contributed by atoms with Crippen LogP contribution in [0, 0.1) is 6.92 Å². The normalized spacial score (nSPS) is 15.5. The molecule has 0 amide bonds. The smallest absolute Gasteiger partial charge is 0.208 e. The molecule has 1 aliphatic heterocycles. The van der Waals surface area contributed by atoms with Gasteiger partial charge in [0.15, 0.2) is 0 Å². The lowest BCUT2D eigenvalue weighted by Gasteiger charge is -2.32. The van der Waals surface area contributed by atoms with E-state index in [1.807, 2.05) is 19.1 Å². The van der Waals surface area contributed by atoms with Crippen LogP contribution in [0.3, 0.4) is 0 Å². The number of benzene rings is 3. The van der Waals surface area contributed by atoms with Crippen LogP contribution in [0.1, 0.15) is 17.2 Å². The van der Waals surface area contributed by atoms with Crippen molar-refractivity contribution in [2.75, 3.05) is 5.43 Å². The Morgan fingerprint density at radius 2 is 1.87 bits per heavy atom. The molecule has 0 radical (unpaired) electrons. The van der Waals surface area contributed by atoms with Crippen LogP contribution in [0.25, 0.3) is 0 Å². The summed E-state index contributed by atoms with van der Waals surface area (Å²) in [5.41, 5.74) is 5.58. The van der Waals surface area contributed by atoms with Crippen molar-refractivity contribution in [2.24, 2.45) is 4.99 Å². The van der Waals surface area contributed by atoms with E-state index in [1.165, 1.54) is 41.7 Å². The number of anilines is 1. The zero-order valence-corrected chi connectivity index (χ0v) is 19.4. The van der Waals surface area contributed by atoms with Crippen molar-refractivity contribution in [2.45, 2.75) is 22.8 Å². The summed E-state index contributed by atoms with van der Waals surface area (Å²) >= 11 is 9.64. The fraction of sp³-hybridized carbons (Fsp3) is 0.0909. The fourth-order valence-electron chi connectivity index (χ4n) is 3.39. The number of nitrogens with one attached hydrogen (secondary N) is 1. The Balaban J connectivity index is 1.77. The summed E-state index contributed by atoms with van der Waals surface area (Å²) in [6.45, 7) is 1.92. The molecule has 0 saturated heterocycles. The van der Waals surface area contributed by atoms with Gasteiger partial charge in [0.1, 0.15) is 18.7 Å². The van der Waals surface area contributed by atoms with Crippen molar-refractivity contribution >= 4 is 61.4 Å². The molecule has 1 unspecified atom stereocenters. The molecule has 0 fully saturated rings. The topological polar surface area (TPSA) is 78.8 Å². The predicted molar refractivity (Wildman–Crippen MR) is 125 cm³/mol. The zero-order chi connectivity index (χ0) is 22.2. The highest BCUT2D eigenvalue weighted by atomic mass is 79.9. The van der Waals surface area contributed by atoms with Crippen molar-refractivity contribution in [3.8, 4) is 0 Å². The Hall–Kier alpha value is -2.68. The van der Waals surface area contributed by atoms with Crippen molar-refractivity contribution in [1.82, 2.24) is 5.01 Å². The first kappa shape index (κ1) is 21.5. The first-order chi connectivity index (χ1) is 14.8. The maximum absolute atomic E-state index is 13.2. The Kier molecular flexibility index (Phi) is 5.88. The number of carbonyl (C=O) groups is 1. The summed E-state index contributed by atoms with van der Waals surface area (Å²) in [5, 5.41) is 1.82. The molecule has 0 bridgehead atoms. The predicted octanol–water partition coefficient (Wildman–Crippen LogP) is 5.49. The summed E-state index contributed by atoms with van der Waals surface area (Å²) < 4.78 is 27.2. The summed E-state index contributed by atoms with van der Waals surface area (Å²) in [6, 6.07) is 15.7. The Labute approximate surface area is 193 Å². The largest absolute Gasteiger partial charge is 0.301 e. The van der Waals surface area contributed by atoms with Crippen LogP contribution >= 0.6 is 27.5 Å². The zero-order valence-electron chi connectivity index (χ0n) is 16.3. The number of hydrogen-bond donors (Lipinski definition) is 1. The number of fused-ring (bicyclic) bond motifs is 1. The molecule has 1 N–H and O–H groups in total. The number of hydrazine groups is 1. The molecule has 1 atom stereocenters. The maximum Gasteiger partial charge on any atom is 0.208 e. The molecule has 4 rings (SSSR count). The number of sulfone groups is 1. The number of halogens is 2. The fourth-order valence-corrected chi connectivity index (χ4v) is 5.67. The SMILES string of the molecule is Cc1cc(Br)c2c(c1)C(C=O)N(Nc1cc(Cl)ccc1S(=O)(=O)c1ccccc1)C=N2. The molecule has 31 heavy (non-hydrogen) atoms. The van der Waals surface area contributed by atoms with Crippen molar-refractivity contribution in [3.63, 3.8) is 0 Å². The third kappa shape index (κ3) is 4.11. The van der Waals surface area contributed by atoms with Crippen molar-refractivity contribution < 1.29 is 13.2 Å². The Bertz CT molecular complexity index is 1300. The Morgan fingerprint density at radius 1 is 1.13 bits per heavy atom. The van der Waals surface area contributed by atoms with Gasteiger partial charge in [-0.15, -0.1) is 0 Å². The molecule has 0 spiro atoms. The number of aliphatic imine (C=N–C) groups is 1. The molecule has 0 saturated carbocycles. The van der Waals surface area contributed by atoms with Gasteiger partial charge in [-0.05, 0) is 64.8 Å². The van der Waals surface area contributed by atoms with Gasteiger partial charge in [0.25, 0.3) is 0 Å². The highest BCUT2D eigenvalue weighted by Crippen LogP contribution is 2.39. The number of rotatable bonds is 5. The molecule has 3 aromatic carbocycles. The lowest BCUT2D eigenvalue weighted by molar-refractivity contribution is -0.111. The minimum absolute atomic E-state index is 0.0392. The number of aldehydes is 1. The van der Waals surface area contributed by atoms with Gasteiger partial charge in [-0.25, -0.2) is 13.4 Å². The minimum atomic E-state index is -3.82. The molecule has 9 heteroatoms. The molecule has 3 aromatic rings. The monoisotopic (exact) mass is 517 g/mol. The first-order valence-corrected chi connectivity index (χ1v) is 11.9. The maximum atomic E-state index is 13.2. The summed E-state index contributed by atoms with van der Waals surface area (Å²) in [5.74, 6) is 0. The van der Waals surface area contributed by atoms with Gasteiger partial charge in [-0.1, -0.05) is 35.9 Å². The van der Waals surface area contributed by atoms with Gasteiger partial charge in [0.05, 0.1) is 21.2 Å². The highest BCUT2D eigenvalue weighted by Gasteiger charge is 2.28. The standard InChI is InChI=1S/C22H17BrClN3O3S/c1-14-9-17-20(12-28)27(13-25-22(17)18(23)10-14)26-19-11-15(24)7-8-21(19)31(29,30)16-5-3-2-4-6-16/h2-13,20,26H,1H3. The quantitative estimate of drug-likeness (QED) is 0.452. The average Bonchev–Trinajstić information content (AvgIpc) is 2.74. The second kappa shape index (κ2) is 8.45. The van der Waals surface area contributed by atoms with Gasteiger partial charge in [0, 0.05) is 15.1 Å². The van der Waals surface area contributed by atoms with Crippen LogP contribution in [0.15, 0.2) is 79.9 Å². The van der Waals surface area contributed by atoms with E-state index in [9.17, 15) is 13.2 Å². The summed E-state index contributed by atoms with van der Waals surface area (Å²) in [7, 11) is -3.82. The van der Waals surface area contributed by atoms with Gasteiger partial charge in [-0.3, -0.25) is 10.4 Å². The molecule has 1 aliphatic rings. The van der Waals surface area contributed by atoms with Crippen LogP contribution in [-0.2, 0) is 14.6 Å². The molecular formula is C22H17BrClN3O3S.